The first-order valence-corrected chi connectivity index (χ1v) is 11.8. The molecule has 3 N–H and O–H groups in total. The number of thioether (sulfide) groups is 1. The molecule has 0 spiro atoms. The van der Waals surface area contributed by atoms with Crippen LogP contribution in [0.5, 0.6) is 11.5 Å². The first-order valence-electron chi connectivity index (χ1n) is 9.86. The summed E-state index contributed by atoms with van der Waals surface area (Å²) in [4.78, 5) is 49.5. The van der Waals surface area contributed by atoms with E-state index in [2.05, 4.69) is 21.2 Å². The van der Waals surface area contributed by atoms with Crippen molar-refractivity contribution < 1.29 is 28.7 Å². The van der Waals surface area contributed by atoms with Crippen LogP contribution in [-0.2, 0) is 14.4 Å². The van der Waals surface area contributed by atoms with E-state index in [0.29, 0.717) is 38.9 Å². The normalized spacial score (nSPS) is 14.4. The SMILES string of the molecule is CCOc1cc(/C=C2\SC(=O)N(CC(=O)Nc3ccc(Br)c(Cl)c3)C2=O)ccc1OCC(N)=O. The number of imide groups is 1. The molecule has 1 saturated heterocycles. The number of hydrogen-bond donors (Lipinski definition) is 2. The molecule has 0 radical (unpaired) electrons. The van der Waals surface area contributed by atoms with Gasteiger partial charge in [-0.25, -0.2) is 0 Å². The Bertz CT molecular complexity index is 1190. The van der Waals surface area contributed by atoms with Gasteiger partial charge < -0.3 is 20.5 Å². The van der Waals surface area contributed by atoms with E-state index in [4.69, 9.17) is 26.8 Å². The van der Waals surface area contributed by atoms with Crippen LogP contribution < -0.4 is 20.5 Å². The first-order chi connectivity index (χ1) is 16.2. The molecule has 12 heteroatoms. The van der Waals surface area contributed by atoms with Crippen molar-refractivity contribution in [2.24, 2.45) is 5.73 Å². The van der Waals surface area contributed by atoms with E-state index in [1.807, 2.05) is 0 Å². The molecule has 178 valence electrons. The van der Waals surface area contributed by atoms with Crippen molar-refractivity contribution in [3.8, 4) is 11.5 Å². The molecule has 0 saturated carbocycles. The number of nitrogens with zero attached hydrogens (tertiary/aromatic N) is 1. The van der Waals surface area contributed by atoms with E-state index in [0.717, 1.165) is 16.7 Å². The van der Waals surface area contributed by atoms with Gasteiger partial charge in [-0.2, -0.15) is 0 Å². The van der Waals surface area contributed by atoms with E-state index in [1.54, 1.807) is 43.3 Å². The van der Waals surface area contributed by atoms with Crippen molar-refractivity contribution in [2.75, 3.05) is 25.1 Å². The summed E-state index contributed by atoms with van der Waals surface area (Å²) in [5.74, 6) is -1.10. The molecular formula is C22H19BrClN3O6S. The highest BCUT2D eigenvalue weighted by atomic mass is 79.9. The van der Waals surface area contributed by atoms with Crippen molar-refractivity contribution in [2.45, 2.75) is 6.92 Å². The zero-order valence-electron chi connectivity index (χ0n) is 17.8. The molecular weight excluding hydrogens is 550 g/mol. The van der Waals surface area contributed by atoms with Gasteiger partial charge in [-0.1, -0.05) is 17.7 Å². The number of carbonyl (C=O) groups is 4. The number of primary amides is 1. The smallest absolute Gasteiger partial charge is 0.294 e. The number of halogens is 2. The minimum atomic E-state index is -0.632. The summed E-state index contributed by atoms with van der Waals surface area (Å²) in [7, 11) is 0. The molecule has 0 unspecified atom stereocenters. The quantitative estimate of drug-likeness (QED) is 0.437. The molecule has 1 heterocycles. The molecule has 1 fully saturated rings. The largest absolute Gasteiger partial charge is 0.490 e. The Kier molecular flexibility index (Phi) is 8.59. The number of hydrogen-bond acceptors (Lipinski definition) is 7. The predicted octanol–water partition coefficient (Wildman–Crippen LogP) is 4.04. The maximum Gasteiger partial charge on any atom is 0.294 e. The molecule has 0 aliphatic carbocycles. The maximum absolute atomic E-state index is 12.8. The second-order valence-electron chi connectivity index (χ2n) is 6.84. The fraction of sp³-hybridized carbons (Fsp3) is 0.182. The number of nitrogens with one attached hydrogen (secondary N) is 1. The van der Waals surface area contributed by atoms with Crippen LogP contribution >= 0.6 is 39.3 Å². The number of ether oxygens (including phenoxy) is 2. The van der Waals surface area contributed by atoms with Crippen LogP contribution in [0, 0.1) is 0 Å². The average Bonchev–Trinajstić information content (AvgIpc) is 3.03. The van der Waals surface area contributed by atoms with Gasteiger partial charge in [0.25, 0.3) is 17.1 Å². The highest BCUT2D eigenvalue weighted by molar-refractivity contribution is 9.10. The third-order valence-corrected chi connectivity index (χ3v) is 6.45. The molecule has 0 bridgehead atoms. The Hall–Kier alpha value is -3.02. The van der Waals surface area contributed by atoms with Crippen LogP contribution in [0.15, 0.2) is 45.8 Å². The van der Waals surface area contributed by atoms with Gasteiger partial charge in [0.1, 0.15) is 6.54 Å². The highest BCUT2D eigenvalue weighted by Gasteiger charge is 2.36. The zero-order valence-corrected chi connectivity index (χ0v) is 21.0. The Morgan fingerprint density at radius 3 is 2.62 bits per heavy atom. The standard InChI is InChI=1S/C22H19BrClN3O6S/c1-2-32-17-7-12(3-6-16(17)33-11-19(25)28)8-18-21(30)27(22(31)34-18)10-20(29)26-13-4-5-14(23)15(24)9-13/h3-9H,2,10-11H2,1H3,(H2,25,28)(H,26,29)/b18-8-. The number of nitrogens with two attached hydrogens (primary N) is 1. The fourth-order valence-electron chi connectivity index (χ4n) is 2.86. The lowest BCUT2D eigenvalue weighted by Gasteiger charge is -2.13. The van der Waals surface area contributed by atoms with E-state index in [9.17, 15) is 19.2 Å². The molecule has 2 aromatic carbocycles. The topological polar surface area (TPSA) is 128 Å². The maximum atomic E-state index is 12.8. The van der Waals surface area contributed by atoms with Crippen molar-refractivity contribution in [3.63, 3.8) is 0 Å². The van der Waals surface area contributed by atoms with Gasteiger partial charge in [0, 0.05) is 10.2 Å². The fourth-order valence-corrected chi connectivity index (χ4v) is 4.12. The second kappa shape index (κ2) is 11.4. The lowest BCUT2D eigenvalue weighted by atomic mass is 10.2. The third kappa shape index (κ3) is 6.52. The zero-order chi connectivity index (χ0) is 24.8. The van der Waals surface area contributed by atoms with Crippen molar-refractivity contribution in [3.05, 3.63) is 56.4 Å². The van der Waals surface area contributed by atoms with Crippen LogP contribution in [0.1, 0.15) is 12.5 Å². The summed E-state index contributed by atoms with van der Waals surface area (Å²) < 4.78 is 11.5. The lowest BCUT2D eigenvalue weighted by Crippen LogP contribution is -2.36. The summed E-state index contributed by atoms with van der Waals surface area (Å²) in [6.45, 7) is 1.36. The second-order valence-corrected chi connectivity index (χ2v) is 9.09. The number of anilines is 1. The van der Waals surface area contributed by atoms with Crippen LogP contribution in [0.3, 0.4) is 0 Å². The van der Waals surface area contributed by atoms with Crippen LogP contribution in [0.4, 0.5) is 10.5 Å². The van der Waals surface area contributed by atoms with Gasteiger partial charge >= 0.3 is 0 Å². The van der Waals surface area contributed by atoms with Crippen LogP contribution in [0.2, 0.25) is 5.02 Å². The van der Waals surface area contributed by atoms with Crippen molar-refractivity contribution in [1.82, 2.24) is 4.90 Å². The molecule has 2 aromatic rings. The van der Waals surface area contributed by atoms with Gasteiger partial charge in [-0.3, -0.25) is 24.1 Å². The third-order valence-electron chi connectivity index (χ3n) is 4.31. The Labute approximate surface area is 212 Å². The molecule has 0 atom stereocenters. The number of benzene rings is 2. The van der Waals surface area contributed by atoms with Gasteiger partial charge in [0.2, 0.25) is 5.91 Å². The first kappa shape index (κ1) is 25.6. The van der Waals surface area contributed by atoms with E-state index < -0.39 is 29.5 Å². The summed E-state index contributed by atoms with van der Waals surface area (Å²) in [5, 5.41) is 2.45. The molecule has 3 rings (SSSR count). The summed E-state index contributed by atoms with van der Waals surface area (Å²) in [6.07, 6.45) is 1.51. The summed E-state index contributed by atoms with van der Waals surface area (Å²) >= 11 is 10.0. The average molecular weight is 569 g/mol. The number of amides is 4. The molecule has 1 aliphatic rings. The minimum absolute atomic E-state index is 0.151. The van der Waals surface area contributed by atoms with Crippen molar-refractivity contribution in [1.29, 1.82) is 0 Å². The molecule has 9 nitrogen and oxygen atoms in total. The monoisotopic (exact) mass is 567 g/mol. The Morgan fingerprint density at radius 2 is 1.94 bits per heavy atom. The van der Waals surface area contributed by atoms with E-state index in [1.165, 1.54) is 6.08 Å². The lowest BCUT2D eigenvalue weighted by molar-refractivity contribution is -0.127. The van der Waals surface area contributed by atoms with Gasteiger partial charge in [0.15, 0.2) is 18.1 Å². The predicted molar refractivity (Wildman–Crippen MR) is 133 cm³/mol. The molecule has 0 aromatic heterocycles. The van der Waals surface area contributed by atoms with Gasteiger partial charge in [0.05, 0.1) is 16.5 Å². The number of rotatable bonds is 9. The molecule has 4 amide bonds. The molecule has 1 aliphatic heterocycles. The van der Waals surface area contributed by atoms with E-state index in [-0.39, 0.29) is 11.5 Å². The van der Waals surface area contributed by atoms with E-state index >= 15 is 0 Å². The highest BCUT2D eigenvalue weighted by Crippen LogP contribution is 2.35. The van der Waals surface area contributed by atoms with Crippen molar-refractivity contribution >= 4 is 74.0 Å². The van der Waals surface area contributed by atoms with Gasteiger partial charge in [-0.05, 0) is 76.6 Å². The Balaban J connectivity index is 1.72. The van der Waals surface area contributed by atoms with Crippen LogP contribution in [0.25, 0.3) is 6.08 Å². The Morgan fingerprint density at radius 1 is 1.18 bits per heavy atom. The van der Waals surface area contributed by atoms with Crippen LogP contribution in [-0.4, -0.2) is 47.6 Å². The molecule has 34 heavy (non-hydrogen) atoms. The summed E-state index contributed by atoms with van der Waals surface area (Å²) in [6, 6.07) is 9.66. The number of carbonyl (C=O) groups excluding carboxylic acids is 4. The minimum Gasteiger partial charge on any atom is -0.490 e. The van der Waals surface area contributed by atoms with Gasteiger partial charge in [-0.15, -0.1) is 0 Å². The summed E-state index contributed by atoms with van der Waals surface area (Å²) in [5.41, 5.74) is 6.10.